The largest absolute Gasteiger partial charge is 0.341 e. The number of carbonyl (C=O) groups excluding carboxylic acids is 1. The van der Waals surface area contributed by atoms with E-state index >= 15 is 0 Å². The number of rotatable bonds is 5. The Hall–Kier alpha value is -1.11. The highest BCUT2D eigenvalue weighted by Gasteiger charge is 2.17. The molecule has 0 radical (unpaired) electrons. The number of carbonyl (C=O) groups is 1. The van der Waals surface area contributed by atoms with Gasteiger partial charge < -0.3 is 4.90 Å². The summed E-state index contributed by atoms with van der Waals surface area (Å²) in [6.45, 7) is 1.34. The molecule has 5 nitrogen and oxygen atoms in total. The summed E-state index contributed by atoms with van der Waals surface area (Å²) in [5.41, 5.74) is 0. The fraction of sp³-hybridized carbons (Fsp3) is 0.650. The Kier molecular flexibility index (Phi) is 9.59. The highest BCUT2D eigenvalue weighted by molar-refractivity contribution is 7.89. The van der Waals surface area contributed by atoms with Crippen LogP contribution in [0.1, 0.15) is 64.2 Å². The predicted octanol–water partition coefficient (Wildman–Crippen LogP) is 4.36. The van der Waals surface area contributed by atoms with Crippen molar-refractivity contribution in [3.8, 4) is 0 Å². The van der Waals surface area contributed by atoms with Crippen molar-refractivity contribution in [2.45, 2.75) is 69.1 Å². The molecular weight excluding hydrogens is 384 g/mol. The zero-order valence-corrected chi connectivity index (χ0v) is 17.5. The third-order valence-corrected chi connectivity index (χ3v) is 6.70. The first-order chi connectivity index (χ1) is 13.0. The second-order valence-electron chi connectivity index (χ2n) is 7.16. The van der Waals surface area contributed by atoms with Crippen LogP contribution in [0.3, 0.4) is 0 Å². The van der Waals surface area contributed by atoms with Crippen LogP contribution < -0.4 is 4.72 Å². The van der Waals surface area contributed by atoms with E-state index in [2.05, 4.69) is 4.72 Å². The van der Waals surface area contributed by atoms with Gasteiger partial charge in [0, 0.05) is 31.1 Å². The van der Waals surface area contributed by atoms with E-state index in [1.54, 1.807) is 12.1 Å². The van der Waals surface area contributed by atoms with Gasteiger partial charge in [-0.05, 0) is 37.1 Å². The molecule has 1 aromatic rings. The molecule has 1 aliphatic heterocycles. The van der Waals surface area contributed by atoms with Crippen LogP contribution in [0, 0.1) is 0 Å². The molecule has 0 atom stereocenters. The van der Waals surface area contributed by atoms with Gasteiger partial charge in [0.1, 0.15) is 0 Å². The van der Waals surface area contributed by atoms with E-state index < -0.39 is 10.0 Å². The maximum absolute atomic E-state index is 12.5. The molecule has 0 aromatic heterocycles. The van der Waals surface area contributed by atoms with Gasteiger partial charge in [0.15, 0.2) is 0 Å². The van der Waals surface area contributed by atoms with E-state index in [4.69, 9.17) is 11.6 Å². The summed E-state index contributed by atoms with van der Waals surface area (Å²) >= 11 is 5.81. The zero-order chi connectivity index (χ0) is 19.5. The van der Waals surface area contributed by atoms with Crippen LogP contribution in [0.5, 0.6) is 0 Å². The molecular formula is C20H31ClN2O3S. The van der Waals surface area contributed by atoms with Crippen molar-refractivity contribution in [1.29, 1.82) is 0 Å². The molecule has 2 rings (SSSR count). The predicted molar refractivity (Wildman–Crippen MR) is 109 cm³/mol. The number of halogens is 1. The van der Waals surface area contributed by atoms with E-state index in [1.807, 2.05) is 4.90 Å². The second kappa shape index (κ2) is 11.7. The van der Waals surface area contributed by atoms with Crippen molar-refractivity contribution < 1.29 is 13.2 Å². The minimum Gasteiger partial charge on any atom is -0.341 e. The minimum absolute atomic E-state index is 0.139. The van der Waals surface area contributed by atoms with E-state index in [-0.39, 0.29) is 17.3 Å². The molecule has 0 unspecified atom stereocenters. The number of hydrogen-bond acceptors (Lipinski definition) is 3. The fourth-order valence-corrected chi connectivity index (χ4v) is 4.49. The van der Waals surface area contributed by atoms with Crippen LogP contribution in [0.2, 0.25) is 5.02 Å². The van der Waals surface area contributed by atoms with Crippen molar-refractivity contribution in [2.24, 2.45) is 0 Å². The standard InChI is InChI=1S/C20H31ClN2O3S/c21-18-11-13-19(14-12-18)27(25,26)22-15-17-23-16-9-7-5-3-1-2-4-6-8-10-20(23)24/h11-14,22H,1-10,15-17H2. The Bertz CT molecular complexity index is 677. The van der Waals surface area contributed by atoms with Crippen LogP contribution in [-0.4, -0.2) is 38.9 Å². The van der Waals surface area contributed by atoms with E-state index in [0.717, 1.165) is 25.7 Å². The molecule has 152 valence electrons. The molecule has 1 aromatic carbocycles. The summed E-state index contributed by atoms with van der Waals surface area (Å²) in [5, 5.41) is 0.495. The molecule has 0 spiro atoms. The Morgan fingerprint density at radius 2 is 1.44 bits per heavy atom. The van der Waals surface area contributed by atoms with Crippen LogP contribution in [0.15, 0.2) is 29.2 Å². The lowest BCUT2D eigenvalue weighted by atomic mass is 10.1. The highest BCUT2D eigenvalue weighted by Crippen LogP contribution is 2.15. The van der Waals surface area contributed by atoms with Gasteiger partial charge in [-0.2, -0.15) is 0 Å². The first-order valence-corrected chi connectivity index (χ1v) is 11.9. The third-order valence-electron chi connectivity index (χ3n) is 4.97. The van der Waals surface area contributed by atoms with Gasteiger partial charge in [0.05, 0.1) is 4.90 Å². The van der Waals surface area contributed by atoms with Crippen LogP contribution in [0.25, 0.3) is 0 Å². The molecule has 27 heavy (non-hydrogen) atoms. The SMILES string of the molecule is O=C1CCCCCCCCCCCN1CCNS(=O)(=O)c1ccc(Cl)cc1. The quantitative estimate of drug-likeness (QED) is 0.778. The van der Waals surface area contributed by atoms with Gasteiger partial charge in [-0.1, -0.05) is 56.5 Å². The number of sulfonamides is 1. The van der Waals surface area contributed by atoms with E-state index in [9.17, 15) is 13.2 Å². The molecule has 1 fully saturated rings. The number of benzene rings is 1. The van der Waals surface area contributed by atoms with Gasteiger partial charge in [-0.15, -0.1) is 0 Å². The second-order valence-corrected chi connectivity index (χ2v) is 9.37. The number of hydrogen-bond donors (Lipinski definition) is 1. The Morgan fingerprint density at radius 1 is 0.889 bits per heavy atom. The minimum atomic E-state index is -3.59. The third kappa shape index (κ3) is 8.20. The topological polar surface area (TPSA) is 66.5 Å². The van der Waals surface area contributed by atoms with Gasteiger partial charge >= 0.3 is 0 Å². The maximum atomic E-state index is 12.5. The normalized spacial score (nSPS) is 18.4. The zero-order valence-electron chi connectivity index (χ0n) is 16.0. The summed E-state index contributed by atoms with van der Waals surface area (Å²) in [6.07, 6.45) is 10.9. The number of amides is 1. The molecule has 1 amide bonds. The van der Waals surface area contributed by atoms with E-state index in [0.29, 0.717) is 24.5 Å². The first kappa shape index (κ1) is 22.2. The molecule has 1 N–H and O–H groups in total. The van der Waals surface area contributed by atoms with Crippen LogP contribution >= 0.6 is 11.6 Å². The summed E-state index contributed by atoms with van der Waals surface area (Å²) in [6, 6.07) is 6.07. The lowest BCUT2D eigenvalue weighted by molar-refractivity contribution is -0.131. The van der Waals surface area contributed by atoms with Crippen molar-refractivity contribution >= 4 is 27.5 Å². The van der Waals surface area contributed by atoms with Gasteiger partial charge in [0.2, 0.25) is 15.9 Å². The molecule has 1 saturated heterocycles. The molecule has 1 aliphatic rings. The van der Waals surface area contributed by atoms with E-state index in [1.165, 1.54) is 44.2 Å². The lowest BCUT2D eigenvalue weighted by Gasteiger charge is -2.23. The smallest absolute Gasteiger partial charge is 0.240 e. The van der Waals surface area contributed by atoms with Crippen molar-refractivity contribution in [1.82, 2.24) is 9.62 Å². The first-order valence-electron chi connectivity index (χ1n) is 10.0. The molecule has 0 aliphatic carbocycles. The van der Waals surface area contributed by atoms with Crippen LogP contribution in [0.4, 0.5) is 0 Å². The Labute approximate surface area is 168 Å². The van der Waals surface area contributed by atoms with Gasteiger partial charge in [0.25, 0.3) is 0 Å². The van der Waals surface area contributed by atoms with Crippen molar-refractivity contribution in [3.63, 3.8) is 0 Å². The van der Waals surface area contributed by atoms with Crippen molar-refractivity contribution in [2.75, 3.05) is 19.6 Å². The molecule has 7 heteroatoms. The average molecular weight is 415 g/mol. The Morgan fingerprint density at radius 3 is 2.07 bits per heavy atom. The lowest BCUT2D eigenvalue weighted by Crippen LogP contribution is -2.39. The van der Waals surface area contributed by atoms with Gasteiger partial charge in [-0.25, -0.2) is 13.1 Å². The Balaban J connectivity index is 1.87. The average Bonchev–Trinajstić information content (AvgIpc) is 2.66. The molecule has 0 bridgehead atoms. The molecule has 0 saturated carbocycles. The summed E-state index contributed by atoms with van der Waals surface area (Å²) in [5.74, 6) is 0.139. The maximum Gasteiger partial charge on any atom is 0.240 e. The highest BCUT2D eigenvalue weighted by atomic mass is 35.5. The fourth-order valence-electron chi connectivity index (χ4n) is 3.35. The summed E-state index contributed by atoms with van der Waals surface area (Å²) in [7, 11) is -3.59. The van der Waals surface area contributed by atoms with Crippen LogP contribution in [-0.2, 0) is 14.8 Å². The summed E-state index contributed by atoms with van der Waals surface area (Å²) in [4.78, 5) is 14.5. The summed E-state index contributed by atoms with van der Waals surface area (Å²) < 4.78 is 27.3. The molecule has 1 heterocycles. The van der Waals surface area contributed by atoms with Crippen molar-refractivity contribution in [3.05, 3.63) is 29.3 Å². The number of nitrogens with zero attached hydrogens (tertiary/aromatic N) is 1. The van der Waals surface area contributed by atoms with Gasteiger partial charge in [-0.3, -0.25) is 4.79 Å². The number of nitrogens with one attached hydrogen (secondary N) is 1. The monoisotopic (exact) mass is 414 g/mol.